The minimum Gasteiger partial charge on any atom is -0.491 e. The van der Waals surface area contributed by atoms with E-state index in [9.17, 15) is 4.79 Å². The number of morpholine rings is 1. The monoisotopic (exact) mass is 294 g/mol. The predicted octanol–water partition coefficient (Wildman–Crippen LogP) is 1.03. The van der Waals surface area contributed by atoms with Gasteiger partial charge in [-0.15, -0.1) is 0 Å². The fourth-order valence-corrected chi connectivity index (χ4v) is 2.08. The zero-order valence-electron chi connectivity index (χ0n) is 12.3. The van der Waals surface area contributed by atoms with Crippen LogP contribution in [0.15, 0.2) is 24.3 Å². The molecule has 0 aliphatic carbocycles. The highest BCUT2D eigenvalue weighted by Gasteiger charge is 2.17. The van der Waals surface area contributed by atoms with Crippen LogP contribution in [-0.2, 0) is 14.3 Å². The van der Waals surface area contributed by atoms with E-state index in [0.717, 1.165) is 12.2 Å². The van der Waals surface area contributed by atoms with Gasteiger partial charge >= 0.3 is 0 Å². The van der Waals surface area contributed by atoms with Gasteiger partial charge in [0.05, 0.1) is 25.7 Å². The average molecular weight is 294 g/mol. The van der Waals surface area contributed by atoms with Gasteiger partial charge in [0.15, 0.2) is 0 Å². The summed E-state index contributed by atoms with van der Waals surface area (Å²) in [5.41, 5.74) is 0.721. The standard InChI is InChI=1S/C15H22N2O4/c1-19-7-8-21-13-4-2-3-12(9-13)17-15(18)10-14-11-16-5-6-20-14/h2-4,9,14,16H,5-8,10-11H2,1H3,(H,17,18). The van der Waals surface area contributed by atoms with E-state index in [2.05, 4.69) is 10.6 Å². The molecule has 21 heavy (non-hydrogen) atoms. The number of ether oxygens (including phenoxy) is 3. The van der Waals surface area contributed by atoms with Gasteiger partial charge < -0.3 is 24.8 Å². The molecule has 0 saturated carbocycles. The topological polar surface area (TPSA) is 68.8 Å². The molecule has 1 aliphatic rings. The van der Waals surface area contributed by atoms with E-state index in [4.69, 9.17) is 14.2 Å². The molecule has 116 valence electrons. The Labute approximate surface area is 124 Å². The molecule has 0 spiro atoms. The van der Waals surface area contributed by atoms with E-state index < -0.39 is 0 Å². The minimum absolute atomic E-state index is 0.0557. The maximum Gasteiger partial charge on any atom is 0.227 e. The van der Waals surface area contributed by atoms with Crippen molar-refractivity contribution in [3.05, 3.63) is 24.3 Å². The van der Waals surface area contributed by atoms with E-state index >= 15 is 0 Å². The fourth-order valence-electron chi connectivity index (χ4n) is 2.08. The molecule has 0 radical (unpaired) electrons. The predicted molar refractivity (Wildman–Crippen MR) is 79.7 cm³/mol. The van der Waals surface area contributed by atoms with Crippen LogP contribution in [0.25, 0.3) is 0 Å². The van der Waals surface area contributed by atoms with Crippen molar-refractivity contribution < 1.29 is 19.0 Å². The van der Waals surface area contributed by atoms with Gasteiger partial charge in [-0.1, -0.05) is 6.07 Å². The number of hydrogen-bond acceptors (Lipinski definition) is 5. The third-order valence-electron chi connectivity index (χ3n) is 3.09. The van der Waals surface area contributed by atoms with Crippen molar-refractivity contribution in [1.29, 1.82) is 0 Å². The first-order chi connectivity index (χ1) is 10.3. The lowest BCUT2D eigenvalue weighted by Crippen LogP contribution is -2.40. The summed E-state index contributed by atoms with van der Waals surface area (Å²) in [5.74, 6) is 0.651. The number of anilines is 1. The van der Waals surface area contributed by atoms with Crippen LogP contribution in [0.3, 0.4) is 0 Å². The Morgan fingerprint density at radius 2 is 2.38 bits per heavy atom. The van der Waals surface area contributed by atoms with Crippen molar-refractivity contribution in [2.45, 2.75) is 12.5 Å². The lowest BCUT2D eigenvalue weighted by molar-refractivity contribution is -0.119. The van der Waals surface area contributed by atoms with E-state index in [-0.39, 0.29) is 12.0 Å². The molecule has 0 aromatic heterocycles. The normalized spacial score (nSPS) is 18.2. The first kappa shape index (κ1) is 15.8. The molecule has 1 aromatic rings. The van der Waals surface area contributed by atoms with E-state index in [1.165, 1.54) is 0 Å². The van der Waals surface area contributed by atoms with Crippen LogP contribution in [-0.4, -0.2) is 52.0 Å². The molecule has 1 heterocycles. The Hall–Kier alpha value is -1.63. The molecule has 1 aromatic carbocycles. The van der Waals surface area contributed by atoms with Crippen LogP contribution in [0.1, 0.15) is 6.42 Å². The van der Waals surface area contributed by atoms with Crippen LogP contribution >= 0.6 is 0 Å². The van der Waals surface area contributed by atoms with Gasteiger partial charge in [-0.2, -0.15) is 0 Å². The highest BCUT2D eigenvalue weighted by molar-refractivity contribution is 5.91. The van der Waals surface area contributed by atoms with Crippen LogP contribution in [0.4, 0.5) is 5.69 Å². The molecule has 1 saturated heterocycles. The molecule has 1 amide bonds. The summed E-state index contributed by atoms with van der Waals surface area (Å²) in [5, 5.41) is 6.07. The summed E-state index contributed by atoms with van der Waals surface area (Å²) in [6.07, 6.45) is 0.293. The highest BCUT2D eigenvalue weighted by atomic mass is 16.5. The summed E-state index contributed by atoms with van der Waals surface area (Å²) in [6, 6.07) is 7.32. The lowest BCUT2D eigenvalue weighted by Gasteiger charge is -2.23. The number of carbonyl (C=O) groups excluding carboxylic acids is 1. The third-order valence-corrected chi connectivity index (χ3v) is 3.09. The zero-order chi connectivity index (χ0) is 14.9. The number of rotatable bonds is 7. The van der Waals surface area contributed by atoms with Crippen molar-refractivity contribution in [3.63, 3.8) is 0 Å². The Bertz CT molecular complexity index is 447. The molecular weight excluding hydrogens is 272 g/mol. The van der Waals surface area contributed by atoms with Gasteiger partial charge in [-0.3, -0.25) is 4.79 Å². The minimum atomic E-state index is -0.0576. The Kier molecular flexibility index (Phi) is 6.46. The maximum absolute atomic E-state index is 12.0. The smallest absolute Gasteiger partial charge is 0.227 e. The van der Waals surface area contributed by atoms with Gasteiger partial charge in [-0.25, -0.2) is 0 Å². The number of hydrogen-bond donors (Lipinski definition) is 2. The molecule has 1 aliphatic heterocycles. The number of methoxy groups -OCH3 is 1. The van der Waals surface area contributed by atoms with Crippen LogP contribution < -0.4 is 15.4 Å². The van der Waals surface area contributed by atoms with Crippen molar-refractivity contribution in [3.8, 4) is 5.75 Å². The van der Waals surface area contributed by atoms with Gasteiger partial charge in [0, 0.05) is 32.0 Å². The second-order valence-corrected chi connectivity index (χ2v) is 4.82. The average Bonchev–Trinajstić information content (AvgIpc) is 2.49. The fraction of sp³-hybridized carbons (Fsp3) is 0.533. The molecule has 1 unspecified atom stereocenters. The highest BCUT2D eigenvalue weighted by Crippen LogP contribution is 2.17. The van der Waals surface area contributed by atoms with Crippen molar-refractivity contribution in [2.24, 2.45) is 0 Å². The summed E-state index contributed by atoms with van der Waals surface area (Å²) < 4.78 is 15.9. The third kappa shape index (κ3) is 5.71. The van der Waals surface area contributed by atoms with Crippen LogP contribution in [0.2, 0.25) is 0 Å². The Balaban J connectivity index is 1.80. The van der Waals surface area contributed by atoms with Gasteiger partial charge in [0.1, 0.15) is 12.4 Å². The molecular formula is C15H22N2O4. The first-order valence-electron chi connectivity index (χ1n) is 7.12. The second-order valence-electron chi connectivity index (χ2n) is 4.82. The number of nitrogens with one attached hydrogen (secondary N) is 2. The van der Waals surface area contributed by atoms with E-state index in [0.29, 0.717) is 38.5 Å². The molecule has 1 atom stereocenters. The molecule has 2 N–H and O–H groups in total. The number of carbonyl (C=O) groups is 1. The summed E-state index contributed by atoms with van der Waals surface area (Å²) in [7, 11) is 1.63. The van der Waals surface area contributed by atoms with Crippen LogP contribution in [0, 0.1) is 0 Å². The number of benzene rings is 1. The van der Waals surface area contributed by atoms with Crippen molar-refractivity contribution >= 4 is 11.6 Å². The zero-order valence-corrected chi connectivity index (χ0v) is 12.3. The summed E-state index contributed by atoms with van der Waals surface area (Å²) >= 11 is 0. The summed E-state index contributed by atoms with van der Waals surface area (Å²) in [6.45, 7) is 3.23. The number of amides is 1. The van der Waals surface area contributed by atoms with Gasteiger partial charge in [0.2, 0.25) is 5.91 Å². The first-order valence-corrected chi connectivity index (χ1v) is 7.12. The Morgan fingerprint density at radius 3 is 3.14 bits per heavy atom. The molecule has 1 fully saturated rings. The lowest BCUT2D eigenvalue weighted by atomic mass is 10.2. The molecule has 2 rings (SSSR count). The molecule has 6 nitrogen and oxygen atoms in total. The quantitative estimate of drug-likeness (QED) is 0.735. The second kappa shape index (κ2) is 8.61. The van der Waals surface area contributed by atoms with E-state index in [1.807, 2.05) is 18.2 Å². The van der Waals surface area contributed by atoms with Crippen molar-refractivity contribution in [1.82, 2.24) is 5.32 Å². The van der Waals surface area contributed by atoms with E-state index in [1.54, 1.807) is 13.2 Å². The summed E-state index contributed by atoms with van der Waals surface area (Å²) in [4.78, 5) is 12.0. The Morgan fingerprint density at radius 1 is 1.48 bits per heavy atom. The SMILES string of the molecule is COCCOc1cccc(NC(=O)CC2CNCCO2)c1. The largest absolute Gasteiger partial charge is 0.491 e. The maximum atomic E-state index is 12.0. The van der Waals surface area contributed by atoms with Crippen molar-refractivity contribution in [2.75, 3.05) is 45.3 Å². The van der Waals surface area contributed by atoms with Gasteiger partial charge in [-0.05, 0) is 12.1 Å². The molecule has 0 bridgehead atoms. The van der Waals surface area contributed by atoms with Gasteiger partial charge in [0.25, 0.3) is 0 Å². The molecule has 6 heteroatoms. The van der Waals surface area contributed by atoms with Crippen LogP contribution in [0.5, 0.6) is 5.75 Å².